The van der Waals surface area contributed by atoms with Gasteiger partial charge in [0.2, 0.25) is 5.91 Å². The van der Waals surface area contributed by atoms with Gasteiger partial charge in [0, 0.05) is 23.4 Å². The fourth-order valence-electron chi connectivity index (χ4n) is 2.03. The number of aliphatic hydroxyl groups excluding tert-OH is 1. The van der Waals surface area contributed by atoms with Crippen LogP contribution in [-0.2, 0) is 24.4 Å². The summed E-state index contributed by atoms with van der Waals surface area (Å²) in [5, 5.41) is 13.8. The van der Waals surface area contributed by atoms with Crippen molar-refractivity contribution in [3.63, 3.8) is 0 Å². The van der Waals surface area contributed by atoms with Crippen molar-refractivity contribution in [2.24, 2.45) is 0 Å². The van der Waals surface area contributed by atoms with Crippen LogP contribution >= 0.6 is 11.3 Å². The van der Waals surface area contributed by atoms with E-state index in [1.54, 1.807) is 23.5 Å². The molecule has 1 amide bonds. The lowest BCUT2D eigenvalue weighted by Gasteiger charge is -2.07. The molecule has 0 radical (unpaired) electrons. The molecule has 0 aliphatic rings. The minimum absolute atomic E-state index is 0.0126. The van der Waals surface area contributed by atoms with Crippen LogP contribution < -0.4 is 5.32 Å². The molecule has 1 aromatic heterocycles. The summed E-state index contributed by atoms with van der Waals surface area (Å²) in [5.41, 5.74) is 1.03. The number of carbonyl (C=O) groups is 1. The number of hydrogen-bond acceptors (Lipinski definition) is 3. The van der Waals surface area contributed by atoms with Crippen LogP contribution in [0, 0.1) is 5.82 Å². The Morgan fingerprint density at radius 3 is 2.90 bits per heavy atom. The van der Waals surface area contributed by atoms with Crippen LogP contribution in [0.3, 0.4) is 0 Å². The number of benzene rings is 1. The normalized spacial score (nSPS) is 10.6. The lowest BCUT2D eigenvalue weighted by Crippen LogP contribution is -2.22. The van der Waals surface area contributed by atoms with Gasteiger partial charge in [0.15, 0.2) is 0 Å². The average Bonchev–Trinajstić information content (AvgIpc) is 2.99. The van der Waals surface area contributed by atoms with E-state index in [-0.39, 0.29) is 18.1 Å². The highest BCUT2D eigenvalue weighted by molar-refractivity contribution is 7.09. The molecule has 2 aromatic rings. The Morgan fingerprint density at radius 1 is 1.33 bits per heavy atom. The molecule has 0 aliphatic carbocycles. The van der Waals surface area contributed by atoms with Gasteiger partial charge >= 0.3 is 0 Å². The van der Waals surface area contributed by atoms with Gasteiger partial charge in [-0.2, -0.15) is 0 Å². The van der Waals surface area contributed by atoms with Gasteiger partial charge in [-0.05, 0) is 42.0 Å². The first-order valence-corrected chi connectivity index (χ1v) is 7.74. The molecule has 5 heteroatoms. The minimum Gasteiger partial charge on any atom is -0.392 e. The van der Waals surface area contributed by atoms with E-state index in [2.05, 4.69) is 11.4 Å². The Morgan fingerprint density at radius 2 is 2.19 bits per heavy atom. The van der Waals surface area contributed by atoms with Crippen LogP contribution in [0.25, 0.3) is 0 Å². The average molecular weight is 307 g/mol. The molecule has 0 saturated heterocycles. The van der Waals surface area contributed by atoms with Gasteiger partial charge < -0.3 is 10.4 Å². The highest BCUT2D eigenvalue weighted by Gasteiger charge is 2.05. The molecule has 0 atom stereocenters. The summed E-state index contributed by atoms with van der Waals surface area (Å²) in [6.45, 7) is 0.0134. The second-order valence-electron chi connectivity index (χ2n) is 4.79. The number of thiophene rings is 1. The van der Waals surface area contributed by atoms with Gasteiger partial charge in [-0.1, -0.05) is 12.1 Å². The predicted molar refractivity (Wildman–Crippen MR) is 81.4 cm³/mol. The molecule has 0 aliphatic heterocycles. The lowest BCUT2D eigenvalue weighted by atomic mass is 10.1. The van der Waals surface area contributed by atoms with E-state index in [9.17, 15) is 9.18 Å². The highest BCUT2D eigenvalue weighted by Crippen LogP contribution is 2.12. The van der Waals surface area contributed by atoms with Crippen LogP contribution in [0.1, 0.15) is 28.8 Å². The van der Waals surface area contributed by atoms with E-state index in [4.69, 9.17) is 5.11 Å². The predicted octanol–water partition coefficient (Wildman–Crippen LogP) is 3.02. The number of halogens is 1. The zero-order valence-electron chi connectivity index (χ0n) is 11.6. The molecule has 2 rings (SSSR count). The summed E-state index contributed by atoms with van der Waals surface area (Å²) in [6, 6.07) is 8.57. The van der Waals surface area contributed by atoms with Crippen LogP contribution in [0.4, 0.5) is 4.39 Å². The van der Waals surface area contributed by atoms with E-state index in [0.717, 1.165) is 18.4 Å². The molecule has 3 nitrogen and oxygen atoms in total. The summed E-state index contributed by atoms with van der Waals surface area (Å²) < 4.78 is 13.2. The molecule has 0 spiro atoms. The first kappa shape index (κ1) is 15.7. The second-order valence-corrected chi connectivity index (χ2v) is 5.83. The lowest BCUT2D eigenvalue weighted by molar-refractivity contribution is -0.121. The van der Waals surface area contributed by atoms with Crippen LogP contribution in [0.15, 0.2) is 35.7 Å². The van der Waals surface area contributed by atoms with E-state index in [0.29, 0.717) is 13.0 Å². The number of aryl methyl sites for hydroxylation is 1. The number of aliphatic hydroxyl groups is 1. The Bertz CT molecular complexity index is 584. The van der Waals surface area contributed by atoms with Gasteiger partial charge in [-0.15, -0.1) is 11.3 Å². The van der Waals surface area contributed by atoms with Crippen molar-refractivity contribution < 1.29 is 14.3 Å². The SMILES string of the molecule is O=C(CCCc1cccs1)NCc1ccc(F)c(CO)c1. The number of hydrogen-bond donors (Lipinski definition) is 2. The zero-order valence-corrected chi connectivity index (χ0v) is 12.5. The third-order valence-electron chi connectivity index (χ3n) is 3.18. The smallest absolute Gasteiger partial charge is 0.220 e. The maximum atomic E-state index is 13.2. The van der Waals surface area contributed by atoms with Crippen LogP contribution in [-0.4, -0.2) is 11.0 Å². The molecule has 1 aromatic carbocycles. The molecule has 2 N–H and O–H groups in total. The van der Waals surface area contributed by atoms with E-state index >= 15 is 0 Å². The molecular formula is C16H18FNO2S. The number of carbonyl (C=O) groups excluding carboxylic acids is 1. The van der Waals surface area contributed by atoms with E-state index in [1.807, 2.05) is 11.4 Å². The first-order chi connectivity index (χ1) is 10.2. The third-order valence-corrected chi connectivity index (χ3v) is 4.11. The Labute approximate surface area is 127 Å². The van der Waals surface area contributed by atoms with Crippen LogP contribution in [0.2, 0.25) is 0 Å². The highest BCUT2D eigenvalue weighted by atomic mass is 32.1. The number of amides is 1. The van der Waals surface area contributed by atoms with Crippen molar-refractivity contribution >= 4 is 17.2 Å². The number of rotatable bonds is 7. The fourth-order valence-corrected chi connectivity index (χ4v) is 2.78. The second kappa shape index (κ2) is 7.90. The van der Waals surface area contributed by atoms with Crippen molar-refractivity contribution in [3.05, 3.63) is 57.5 Å². The summed E-state index contributed by atoms with van der Waals surface area (Å²) in [7, 11) is 0. The Hall–Kier alpha value is -1.72. The quantitative estimate of drug-likeness (QED) is 0.826. The van der Waals surface area contributed by atoms with Gasteiger partial charge in [0.25, 0.3) is 0 Å². The topological polar surface area (TPSA) is 49.3 Å². The molecule has 0 saturated carbocycles. The fraction of sp³-hybridized carbons (Fsp3) is 0.312. The summed E-state index contributed by atoms with van der Waals surface area (Å²) in [4.78, 5) is 13.0. The van der Waals surface area contributed by atoms with E-state index in [1.165, 1.54) is 10.9 Å². The summed E-state index contributed by atoms with van der Waals surface area (Å²) in [5.74, 6) is -0.440. The van der Waals surface area contributed by atoms with E-state index < -0.39 is 5.82 Å². The molecule has 112 valence electrons. The maximum absolute atomic E-state index is 13.2. The zero-order chi connectivity index (χ0) is 15.1. The van der Waals surface area contributed by atoms with Crippen molar-refractivity contribution in [2.75, 3.05) is 0 Å². The third kappa shape index (κ3) is 4.95. The molecule has 0 unspecified atom stereocenters. The number of nitrogens with one attached hydrogen (secondary N) is 1. The molecule has 0 bridgehead atoms. The maximum Gasteiger partial charge on any atom is 0.220 e. The monoisotopic (exact) mass is 307 g/mol. The van der Waals surface area contributed by atoms with Crippen LogP contribution in [0.5, 0.6) is 0 Å². The van der Waals surface area contributed by atoms with Gasteiger partial charge in [-0.3, -0.25) is 4.79 Å². The van der Waals surface area contributed by atoms with Gasteiger partial charge in [0.1, 0.15) is 5.82 Å². The largest absolute Gasteiger partial charge is 0.392 e. The van der Waals surface area contributed by atoms with Crippen molar-refractivity contribution in [3.8, 4) is 0 Å². The minimum atomic E-state index is -0.427. The first-order valence-electron chi connectivity index (χ1n) is 6.86. The Balaban J connectivity index is 1.73. The van der Waals surface area contributed by atoms with Crippen molar-refractivity contribution in [1.29, 1.82) is 0 Å². The summed E-state index contributed by atoms with van der Waals surface area (Å²) >= 11 is 1.70. The molecule has 0 fully saturated rings. The van der Waals surface area contributed by atoms with Gasteiger partial charge in [-0.25, -0.2) is 4.39 Å². The van der Waals surface area contributed by atoms with Crippen molar-refractivity contribution in [1.82, 2.24) is 5.32 Å². The molecule has 1 heterocycles. The molecule has 21 heavy (non-hydrogen) atoms. The standard InChI is InChI=1S/C16H18FNO2S/c17-15-7-6-12(9-13(15)11-19)10-18-16(20)5-1-3-14-4-2-8-21-14/h2,4,6-9,19H,1,3,5,10-11H2,(H,18,20). The summed E-state index contributed by atoms with van der Waals surface area (Å²) in [6.07, 6.45) is 2.21. The molecular weight excluding hydrogens is 289 g/mol. The van der Waals surface area contributed by atoms with Gasteiger partial charge in [0.05, 0.1) is 6.61 Å². The Kier molecular flexibility index (Phi) is 5.90. The van der Waals surface area contributed by atoms with Crippen molar-refractivity contribution in [2.45, 2.75) is 32.4 Å².